The molecule has 154 valence electrons. The quantitative estimate of drug-likeness (QED) is 0.583. The van der Waals surface area contributed by atoms with Crippen LogP contribution < -0.4 is 5.32 Å². The maximum absolute atomic E-state index is 13.3. The van der Waals surface area contributed by atoms with Gasteiger partial charge >= 0.3 is 12.1 Å². The number of nitrogens with zero attached hydrogens (tertiary/aromatic N) is 5. The highest BCUT2D eigenvalue weighted by atomic mass is 79.9. The van der Waals surface area contributed by atoms with Crippen molar-refractivity contribution in [2.24, 2.45) is 7.05 Å². The summed E-state index contributed by atoms with van der Waals surface area (Å²) in [6.45, 7) is 3.13. The summed E-state index contributed by atoms with van der Waals surface area (Å²) in [5.41, 5.74) is -1.49. The summed E-state index contributed by atoms with van der Waals surface area (Å²) in [7, 11) is 1.48. The van der Waals surface area contributed by atoms with Crippen LogP contribution in [0.5, 0.6) is 0 Å². The Morgan fingerprint density at radius 2 is 2.03 bits per heavy atom. The van der Waals surface area contributed by atoms with Crippen molar-refractivity contribution in [1.29, 1.82) is 0 Å². The van der Waals surface area contributed by atoms with Crippen LogP contribution in [0.15, 0.2) is 16.7 Å². The van der Waals surface area contributed by atoms with E-state index in [-0.39, 0.29) is 39.5 Å². The molecule has 0 radical (unpaired) electrons. The molecule has 3 aromatic rings. The lowest BCUT2D eigenvalue weighted by atomic mass is 10.3. The van der Waals surface area contributed by atoms with Crippen molar-refractivity contribution in [3.05, 3.63) is 39.4 Å². The molecular weight excluding hydrogens is 461 g/mol. The number of nitrogens with one attached hydrogen (secondary N) is 1. The number of alkyl halides is 3. The second-order valence-electron chi connectivity index (χ2n) is 5.88. The van der Waals surface area contributed by atoms with Crippen LogP contribution in [-0.2, 0) is 18.0 Å². The molecule has 0 fully saturated rings. The number of aryl methyl sites for hydroxylation is 2. The maximum Gasteiger partial charge on any atom is 0.433 e. The predicted molar refractivity (Wildman–Crippen MR) is 97.5 cm³/mol. The number of halogens is 4. The molecule has 1 amide bonds. The molecule has 0 aromatic carbocycles. The van der Waals surface area contributed by atoms with Gasteiger partial charge in [0.15, 0.2) is 11.3 Å². The molecular formula is C16H14BrF3N6O3. The zero-order valence-electron chi connectivity index (χ0n) is 15.3. The van der Waals surface area contributed by atoms with Crippen molar-refractivity contribution in [3.8, 4) is 0 Å². The first kappa shape index (κ1) is 20.8. The number of rotatable bonds is 4. The number of hydrogen-bond donors (Lipinski definition) is 1. The van der Waals surface area contributed by atoms with Gasteiger partial charge in [0.05, 0.1) is 17.3 Å². The van der Waals surface area contributed by atoms with Crippen molar-refractivity contribution in [2.45, 2.75) is 20.0 Å². The summed E-state index contributed by atoms with van der Waals surface area (Å²) in [5, 5.41) is 10.1. The van der Waals surface area contributed by atoms with E-state index in [1.165, 1.54) is 24.9 Å². The Hall–Kier alpha value is -2.96. The minimum absolute atomic E-state index is 0.00691. The van der Waals surface area contributed by atoms with E-state index < -0.39 is 23.7 Å². The summed E-state index contributed by atoms with van der Waals surface area (Å²) in [6.07, 6.45) is -3.50. The summed E-state index contributed by atoms with van der Waals surface area (Å²) in [6, 6.07) is 0.827. The molecule has 0 bridgehead atoms. The van der Waals surface area contributed by atoms with Crippen LogP contribution in [0, 0.1) is 6.92 Å². The van der Waals surface area contributed by atoms with Crippen LogP contribution in [0.1, 0.15) is 39.2 Å². The van der Waals surface area contributed by atoms with Crippen molar-refractivity contribution in [1.82, 2.24) is 24.4 Å². The highest BCUT2D eigenvalue weighted by Crippen LogP contribution is 2.32. The molecule has 3 aromatic heterocycles. The first-order valence-corrected chi connectivity index (χ1v) is 8.97. The number of amides is 1. The smallest absolute Gasteiger partial charge is 0.433 e. The first-order valence-electron chi connectivity index (χ1n) is 8.18. The SMILES string of the molecule is CCOC(=O)c1cnn(C)c1NC(=O)c1nn2c(C(F)(F)F)cc(C)nc2c1Br. The number of aromatic nitrogens is 5. The summed E-state index contributed by atoms with van der Waals surface area (Å²) in [4.78, 5) is 28.7. The lowest BCUT2D eigenvalue weighted by molar-refractivity contribution is -0.142. The highest BCUT2D eigenvalue weighted by Gasteiger charge is 2.36. The van der Waals surface area contributed by atoms with Crippen LogP contribution in [0.2, 0.25) is 0 Å². The van der Waals surface area contributed by atoms with Crippen molar-refractivity contribution >= 4 is 39.3 Å². The van der Waals surface area contributed by atoms with E-state index in [9.17, 15) is 22.8 Å². The number of carbonyl (C=O) groups excluding carboxylic acids is 2. The molecule has 0 aliphatic heterocycles. The van der Waals surface area contributed by atoms with Gasteiger partial charge in [0.25, 0.3) is 5.91 Å². The van der Waals surface area contributed by atoms with Crippen molar-refractivity contribution in [3.63, 3.8) is 0 Å². The standard InChI is InChI=1S/C16H14BrF3N6O3/c1-4-29-15(28)8-6-21-25(3)12(8)23-14(27)11-10(17)13-22-7(2)5-9(16(18,19)20)26(13)24-11/h5-6H,4H2,1-3H3,(H,23,27). The lowest BCUT2D eigenvalue weighted by Crippen LogP contribution is -2.19. The van der Waals surface area contributed by atoms with E-state index in [0.717, 1.165) is 6.07 Å². The third-order valence-corrected chi connectivity index (χ3v) is 4.56. The van der Waals surface area contributed by atoms with E-state index in [1.54, 1.807) is 6.92 Å². The van der Waals surface area contributed by atoms with E-state index in [1.807, 2.05) is 0 Å². The Morgan fingerprint density at radius 3 is 2.66 bits per heavy atom. The van der Waals surface area contributed by atoms with E-state index in [2.05, 4.69) is 36.4 Å². The number of fused-ring (bicyclic) bond motifs is 1. The molecule has 29 heavy (non-hydrogen) atoms. The Labute approximate surface area is 170 Å². The highest BCUT2D eigenvalue weighted by molar-refractivity contribution is 9.10. The third-order valence-electron chi connectivity index (χ3n) is 3.83. The average molecular weight is 475 g/mol. The Bertz CT molecular complexity index is 1120. The number of esters is 1. The molecule has 9 nitrogen and oxygen atoms in total. The lowest BCUT2D eigenvalue weighted by Gasteiger charge is -2.09. The van der Waals surface area contributed by atoms with Crippen LogP contribution >= 0.6 is 15.9 Å². The fraction of sp³-hybridized carbons (Fsp3) is 0.312. The third kappa shape index (κ3) is 3.81. The van der Waals surface area contributed by atoms with E-state index >= 15 is 0 Å². The first-order chi connectivity index (χ1) is 13.5. The van der Waals surface area contributed by atoms with Crippen molar-refractivity contribution in [2.75, 3.05) is 11.9 Å². The van der Waals surface area contributed by atoms with Gasteiger partial charge in [-0.3, -0.25) is 9.48 Å². The Morgan fingerprint density at radius 1 is 1.34 bits per heavy atom. The van der Waals surface area contributed by atoms with E-state index in [4.69, 9.17) is 4.74 Å². The molecule has 1 N–H and O–H groups in total. The van der Waals surface area contributed by atoms with Gasteiger partial charge in [0, 0.05) is 12.7 Å². The second-order valence-corrected chi connectivity index (χ2v) is 6.68. The molecule has 0 saturated carbocycles. The number of hydrogen-bond acceptors (Lipinski definition) is 6. The average Bonchev–Trinajstić information content (AvgIpc) is 3.15. The zero-order valence-corrected chi connectivity index (χ0v) is 16.9. The van der Waals surface area contributed by atoms with Gasteiger partial charge in [0.2, 0.25) is 0 Å². The minimum Gasteiger partial charge on any atom is -0.462 e. The molecule has 0 unspecified atom stereocenters. The normalized spacial score (nSPS) is 11.7. The van der Waals surface area contributed by atoms with Gasteiger partial charge < -0.3 is 10.1 Å². The number of ether oxygens (including phenoxy) is 1. The Kier molecular flexibility index (Phi) is 5.34. The molecule has 0 aliphatic rings. The second kappa shape index (κ2) is 7.46. The van der Waals surface area contributed by atoms with Gasteiger partial charge in [-0.1, -0.05) is 0 Å². The fourth-order valence-electron chi connectivity index (χ4n) is 2.57. The van der Waals surface area contributed by atoms with Gasteiger partial charge in [-0.25, -0.2) is 14.3 Å². The fourth-order valence-corrected chi connectivity index (χ4v) is 3.09. The van der Waals surface area contributed by atoms with Gasteiger partial charge in [-0.05, 0) is 35.8 Å². The Balaban J connectivity index is 2.05. The van der Waals surface area contributed by atoms with Crippen LogP contribution in [0.25, 0.3) is 5.65 Å². The van der Waals surface area contributed by atoms with E-state index in [0.29, 0.717) is 4.52 Å². The monoisotopic (exact) mass is 474 g/mol. The zero-order chi connectivity index (χ0) is 21.5. The van der Waals surface area contributed by atoms with Crippen molar-refractivity contribution < 1.29 is 27.5 Å². The van der Waals surface area contributed by atoms with Crippen LogP contribution in [0.3, 0.4) is 0 Å². The largest absolute Gasteiger partial charge is 0.462 e. The molecule has 0 saturated heterocycles. The molecule has 0 aliphatic carbocycles. The van der Waals surface area contributed by atoms with Crippen LogP contribution in [-0.4, -0.2) is 42.9 Å². The summed E-state index contributed by atoms with van der Waals surface area (Å²) in [5.74, 6) is -1.55. The molecule has 0 spiro atoms. The maximum atomic E-state index is 13.3. The van der Waals surface area contributed by atoms with Gasteiger partial charge in [-0.15, -0.1) is 0 Å². The number of anilines is 1. The minimum atomic E-state index is -4.70. The topological polar surface area (TPSA) is 103 Å². The summed E-state index contributed by atoms with van der Waals surface area (Å²) < 4.78 is 46.7. The molecule has 3 heterocycles. The molecule has 0 atom stereocenters. The number of carbonyl (C=O) groups is 2. The molecule has 3 rings (SSSR count). The summed E-state index contributed by atoms with van der Waals surface area (Å²) >= 11 is 3.09. The molecule has 13 heteroatoms. The predicted octanol–water partition coefficient (Wildman–Crippen LogP) is 2.98. The van der Waals surface area contributed by atoms with Gasteiger partial charge in [-0.2, -0.15) is 23.4 Å². The van der Waals surface area contributed by atoms with Gasteiger partial charge in [0.1, 0.15) is 17.1 Å². The van der Waals surface area contributed by atoms with Crippen LogP contribution in [0.4, 0.5) is 19.0 Å².